The minimum atomic E-state index is -4.10. The molecule has 0 saturated carbocycles. The van der Waals surface area contributed by atoms with Gasteiger partial charge in [0.05, 0.1) is 44.5 Å². The van der Waals surface area contributed by atoms with Gasteiger partial charge in [0.15, 0.2) is 5.69 Å². The molecule has 0 aliphatic rings. The second-order valence-corrected chi connectivity index (χ2v) is 15.1. The lowest BCUT2D eigenvalue weighted by Crippen LogP contribution is -2.23. The van der Waals surface area contributed by atoms with Crippen LogP contribution in [0.1, 0.15) is 78.3 Å². The molecule has 21 heteroatoms. The van der Waals surface area contributed by atoms with Crippen molar-refractivity contribution >= 4 is 53.8 Å². The average molecular weight is 796 g/mol. The molecule has 0 unspecified atom stereocenters. The highest BCUT2D eigenvalue weighted by Gasteiger charge is 2.30. The third-order valence-electron chi connectivity index (χ3n) is 6.88. The summed E-state index contributed by atoms with van der Waals surface area (Å²) < 4.78 is 22.0. The van der Waals surface area contributed by atoms with Gasteiger partial charge in [-0.15, -0.1) is 5.10 Å². The zero-order valence-corrected chi connectivity index (χ0v) is 32.6. The van der Waals surface area contributed by atoms with E-state index in [1.54, 1.807) is 19.9 Å². The van der Waals surface area contributed by atoms with Gasteiger partial charge < -0.3 is 29.4 Å². The normalized spacial score (nSPS) is 11.4. The molecule has 5 N–H and O–H groups in total. The number of hydrogen-bond acceptors (Lipinski definition) is 12. The van der Waals surface area contributed by atoms with E-state index in [1.807, 2.05) is 48.5 Å². The van der Waals surface area contributed by atoms with Crippen molar-refractivity contribution in [3.8, 4) is 11.4 Å². The van der Waals surface area contributed by atoms with Crippen molar-refractivity contribution in [2.24, 2.45) is 0 Å². The Hall–Kier alpha value is -4.06. The van der Waals surface area contributed by atoms with Crippen LogP contribution in [0.25, 0.3) is 5.69 Å². The molecule has 0 spiro atoms. The van der Waals surface area contributed by atoms with Crippen molar-refractivity contribution in [2.75, 3.05) is 18.1 Å². The van der Waals surface area contributed by atoms with Crippen molar-refractivity contribution < 1.29 is 43.3 Å². The first kappa shape index (κ1) is 46.0. The molecule has 0 atom stereocenters. The minimum Gasteiger partial charge on any atom is -0.489 e. The lowest BCUT2D eigenvalue weighted by Gasteiger charge is -2.17. The third-order valence-corrected chi connectivity index (χ3v) is 8.12. The monoisotopic (exact) mass is 794 g/mol. The van der Waals surface area contributed by atoms with Crippen LogP contribution in [0.2, 0.25) is 10.0 Å². The van der Waals surface area contributed by atoms with E-state index >= 15 is 0 Å². The number of carboxylic acids is 1. The molecule has 3 rings (SSSR count). The maximum atomic E-state index is 12.1. The van der Waals surface area contributed by atoms with E-state index in [0.717, 1.165) is 17.5 Å². The Labute approximate surface area is 309 Å². The van der Waals surface area contributed by atoms with E-state index < -0.39 is 42.0 Å². The van der Waals surface area contributed by atoms with Crippen LogP contribution in [-0.4, -0.2) is 65.5 Å². The number of hydrogen-bond donors (Lipinski definition) is 5. The fourth-order valence-electron chi connectivity index (χ4n) is 4.16. The number of carbonyl (C=O) groups is 1. The molecule has 3 aromatic rings. The average Bonchev–Trinajstić information content (AvgIpc) is 3.40. The highest BCUT2D eigenvalue weighted by molar-refractivity contribution is 7.51. The number of carboxylic acid groups (broad SMARTS) is 1. The number of aryl methyl sites for hydroxylation is 1. The predicted molar refractivity (Wildman–Crippen MR) is 196 cm³/mol. The number of anilines is 1. The second-order valence-electron chi connectivity index (χ2n) is 12.6. The number of nitro benzene ring substituents is 2. The second kappa shape index (κ2) is 19.7. The molecule has 0 saturated heterocycles. The van der Waals surface area contributed by atoms with Gasteiger partial charge in [-0.05, 0) is 52.2 Å². The number of nitrogens with one attached hydrogen (secondary N) is 2. The number of nitro groups is 2. The van der Waals surface area contributed by atoms with Gasteiger partial charge in [-0.25, -0.2) is 4.79 Å². The quantitative estimate of drug-likeness (QED) is 0.0682. The largest absolute Gasteiger partial charge is 0.489 e. The zero-order chi connectivity index (χ0) is 40.3. The molecule has 52 heavy (non-hydrogen) atoms. The molecule has 0 fully saturated rings. The topological polar surface area (TPSA) is 262 Å². The zero-order valence-electron chi connectivity index (χ0n) is 30.2. The van der Waals surface area contributed by atoms with Gasteiger partial charge in [-0.1, -0.05) is 57.8 Å². The molecule has 1 heterocycles. The molecular weight excluding hydrogens is 750 g/mol. The van der Waals surface area contributed by atoms with E-state index in [0.29, 0.717) is 33.5 Å². The molecule has 0 aliphatic carbocycles. The van der Waals surface area contributed by atoms with Gasteiger partial charge in [0, 0.05) is 29.2 Å². The number of aliphatic carboxylic acids is 1. The number of rotatable bonds is 13. The Bertz CT molecular complexity index is 1830. The van der Waals surface area contributed by atoms with Crippen LogP contribution in [0.4, 0.5) is 17.1 Å². The smallest absolute Gasteiger partial charge is 0.442 e. The maximum absolute atomic E-state index is 12.1. The third kappa shape index (κ3) is 14.2. The molecule has 0 radical (unpaired) electrons. The summed E-state index contributed by atoms with van der Waals surface area (Å²) in [4.78, 5) is 59.5. The Morgan fingerprint density at radius 3 is 2.08 bits per heavy atom. The van der Waals surface area contributed by atoms with Crippen molar-refractivity contribution in [3.63, 3.8) is 0 Å². The number of ether oxygens (including phenoxy) is 1. The molecule has 290 valence electrons. The summed E-state index contributed by atoms with van der Waals surface area (Å²) in [5, 5.41) is 40.3. The molecule has 2 aromatic carbocycles. The lowest BCUT2D eigenvalue weighted by molar-refractivity contribution is -0.392. The van der Waals surface area contributed by atoms with Crippen LogP contribution in [0.15, 0.2) is 27.4 Å². The summed E-state index contributed by atoms with van der Waals surface area (Å²) in [5.41, 5.74) is 0.534. The minimum absolute atomic E-state index is 0.0109. The number of halogens is 2. The highest BCUT2D eigenvalue weighted by atomic mass is 35.5. The Kier molecular flexibility index (Phi) is 17.4. The Morgan fingerprint density at radius 1 is 1.08 bits per heavy atom. The first-order chi connectivity index (χ1) is 23.8. The fraction of sp³-hybridized carbons (Fsp3) is 0.516. The first-order valence-electron chi connectivity index (χ1n) is 15.8. The number of aromatic nitrogens is 2. The SMILES string of the molecule is CC(C)Oc1cc(-n2nc(C(C)(C)C)oc2=O)c(Cl)cc1Cl.CCC(CC)Nc1c([N+](=O)[O-])cc(C)c(C)c1[N+](=O)[O-].O=C(O)CNCP(=O)(O)O. The van der Waals surface area contributed by atoms with Gasteiger partial charge in [-0.3, -0.25) is 34.9 Å². The summed E-state index contributed by atoms with van der Waals surface area (Å²) >= 11 is 12.3. The van der Waals surface area contributed by atoms with E-state index in [-0.39, 0.29) is 39.6 Å². The van der Waals surface area contributed by atoms with Crippen LogP contribution in [0, 0.1) is 34.1 Å². The van der Waals surface area contributed by atoms with Crippen molar-refractivity contribution in [2.45, 2.75) is 92.7 Å². The van der Waals surface area contributed by atoms with Crippen molar-refractivity contribution in [3.05, 3.63) is 76.0 Å². The standard InChI is InChI=1S/C15H18Cl2N2O3.C13H19N3O4.C3H8NO5P/c1-8(2)21-12-7-11(9(16)6-10(12)17)19-14(20)22-13(18-19)15(3,4)5;1-5-10(6-2)14-12-11(15(17)18)7-8(3)9(4)13(12)16(19)20;5-3(6)1-4-2-10(7,8)9/h6-8H,1-5H3;7,10,14H,5-6H2,1-4H3;4H,1-2H2,(H,5,6)(H2,7,8,9). The molecule has 1 aromatic heterocycles. The van der Waals surface area contributed by atoms with Crippen molar-refractivity contribution in [1.29, 1.82) is 0 Å². The summed E-state index contributed by atoms with van der Waals surface area (Å²) in [6, 6.07) is 4.46. The fourth-order valence-corrected chi connectivity index (χ4v) is 5.07. The van der Waals surface area contributed by atoms with Crippen LogP contribution < -0.4 is 21.1 Å². The number of nitrogens with zero attached hydrogens (tertiary/aromatic N) is 4. The summed E-state index contributed by atoms with van der Waals surface area (Å²) in [7, 11) is -4.10. The number of benzene rings is 2. The van der Waals surface area contributed by atoms with E-state index in [1.165, 1.54) is 12.1 Å². The van der Waals surface area contributed by atoms with Crippen LogP contribution in [0.5, 0.6) is 5.75 Å². The van der Waals surface area contributed by atoms with Crippen molar-refractivity contribution in [1.82, 2.24) is 15.1 Å². The molecule has 0 amide bonds. The summed E-state index contributed by atoms with van der Waals surface area (Å²) in [5.74, 6) is -0.990. The molecule has 18 nitrogen and oxygen atoms in total. The van der Waals surface area contributed by atoms with Crippen LogP contribution in [0.3, 0.4) is 0 Å². The van der Waals surface area contributed by atoms with Gasteiger partial charge in [0.1, 0.15) is 5.75 Å². The predicted octanol–water partition coefficient (Wildman–Crippen LogP) is 6.73. The van der Waals surface area contributed by atoms with Gasteiger partial charge in [0.25, 0.3) is 5.69 Å². The molecule has 0 bridgehead atoms. The van der Waals surface area contributed by atoms with E-state index in [2.05, 4.69) is 15.7 Å². The summed E-state index contributed by atoms with van der Waals surface area (Å²) in [6.07, 6.45) is 0.806. The van der Waals surface area contributed by atoms with Gasteiger partial charge in [-0.2, -0.15) is 4.68 Å². The van der Waals surface area contributed by atoms with Crippen LogP contribution >= 0.6 is 30.8 Å². The first-order valence-corrected chi connectivity index (χ1v) is 18.3. The maximum Gasteiger partial charge on any atom is 0.442 e. The molecular formula is C31H45Cl2N6O12P. The Balaban J connectivity index is 0.000000418. The van der Waals surface area contributed by atoms with Gasteiger partial charge >= 0.3 is 25.0 Å². The summed E-state index contributed by atoms with van der Waals surface area (Å²) in [6.45, 7) is 16.1. The molecule has 0 aliphatic heterocycles. The highest BCUT2D eigenvalue weighted by Crippen LogP contribution is 2.40. The van der Waals surface area contributed by atoms with E-state index in [9.17, 15) is 34.4 Å². The lowest BCUT2D eigenvalue weighted by atomic mass is 9.97. The van der Waals surface area contributed by atoms with Gasteiger partial charge in [0.2, 0.25) is 5.89 Å². The van der Waals surface area contributed by atoms with E-state index in [4.69, 9.17) is 47.2 Å². The Morgan fingerprint density at radius 2 is 1.65 bits per heavy atom. The van der Waals surface area contributed by atoms with Crippen LogP contribution in [-0.2, 0) is 14.8 Å².